The number of carbonyl (C=O) groups is 1. The van der Waals surface area contributed by atoms with Crippen molar-refractivity contribution in [3.63, 3.8) is 0 Å². The summed E-state index contributed by atoms with van der Waals surface area (Å²) in [6, 6.07) is 16.6. The van der Waals surface area contributed by atoms with Gasteiger partial charge < -0.3 is 4.74 Å². The lowest BCUT2D eigenvalue weighted by Gasteiger charge is -2.13. The molecule has 2 aromatic rings. The number of carbonyl (C=O) groups excluding carboxylic acids is 1. The highest BCUT2D eigenvalue weighted by atomic mass is 16.5. The van der Waals surface area contributed by atoms with Crippen LogP contribution in [0, 0.1) is 0 Å². The molecule has 0 aromatic heterocycles. The fourth-order valence-corrected chi connectivity index (χ4v) is 2.79. The zero-order valence-corrected chi connectivity index (χ0v) is 11.9. The average Bonchev–Trinajstić information content (AvgIpc) is 2.85. The van der Waals surface area contributed by atoms with E-state index in [9.17, 15) is 4.79 Å². The normalized spacial score (nSPS) is 13.0. The Morgan fingerprint density at radius 1 is 1.10 bits per heavy atom. The fourth-order valence-electron chi connectivity index (χ4n) is 2.79. The Morgan fingerprint density at radius 2 is 1.67 bits per heavy atom. The van der Waals surface area contributed by atoms with Gasteiger partial charge in [-0.3, -0.25) is 5.32 Å². The van der Waals surface area contributed by atoms with E-state index in [-0.39, 0.29) is 5.92 Å². The Balaban J connectivity index is 1.84. The molecular formula is C18H17NO2. The number of ether oxygens (including phenoxy) is 1. The van der Waals surface area contributed by atoms with Crippen LogP contribution in [0.1, 0.15) is 24.0 Å². The molecule has 0 bridgehead atoms. The fraction of sp³-hybridized carbons (Fsp3) is 0.167. The van der Waals surface area contributed by atoms with E-state index in [1.165, 1.54) is 22.3 Å². The van der Waals surface area contributed by atoms with Crippen LogP contribution in [0.3, 0.4) is 0 Å². The summed E-state index contributed by atoms with van der Waals surface area (Å²) in [4.78, 5) is 11.6. The predicted octanol–water partition coefficient (Wildman–Crippen LogP) is 4.06. The van der Waals surface area contributed by atoms with Gasteiger partial charge in [-0.2, -0.15) is 0 Å². The minimum Gasteiger partial charge on any atom is -0.448 e. The van der Waals surface area contributed by atoms with E-state index in [1.54, 1.807) is 12.3 Å². The highest BCUT2D eigenvalue weighted by Crippen LogP contribution is 2.44. The maximum atomic E-state index is 11.6. The Hall–Kier alpha value is -2.55. The predicted molar refractivity (Wildman–Crippen MR) is 83.0 cm³/mol. The molecule has 1 amide bonds. The number of nitrogens with one attached hydrogen (secondary N) is 1. The first-order valence-electron chi connectivity index (χ1n) is 7.04. The Bertz CT molecular complexity index is 646. The highest BCUT2D eigenvalue weighted by molar-refractivity contribution is 5.79. The smallest absolute Gasteiger partial charge is 0.411 e. The van der Waals surface area contributed by atoms with E-state index in [1.807, 2.05) is 31.2 Å². The van der Waals surface area contributed by atoms with Crippen molar-refractivity contribution in [2.75, 3.05) is 6.61 Å². The lowest BCUT2D eigenvalue weighted by molar-refractivity contribution is 0.147. The molecule has 1 aliphatic rings. The summed E-state index contributed by atoms with van der Waals surface area (Å²) in [6.45, 7) is 2.18. The number of hydrogen-bond acceptors (Lipinski definition) is 2. The van der Waals surface area contributed by atoms with Gasteiger partial charge in [-0.15, -0.1) is 0 Å². The van der Waals surface area contributed by atoms with Gasteiger partial charge >= 0.3 is 6.09 Å². The molecular weight excluding hydrogens is 262 g/mol. The zero-order valence-electron chi connectivity index (χ0n) is 11.9. The van der Waals surface area contributed by atoms with Crippen LogP contribution in [0.5, 0.6) is 0 Å². The van der Waals surface area contributed by atoms with Crippen LogP contribution >= 0.6 is 0 Å². The van der Waals surface area contributed by atoms with Gasteiger partial charge in [0.15, 0.2) is 0 Å². The summed E-state index contributed by atoms with van der Waals surface area (Å²) in [5, 5.41) is 2.56. The molecule has 0 fully saturated rings. The number of allylic oxidation sites excluding steroid dienone is 1. The minimum absolute atomic E-state index is 0.105. The quantitative estimate of drug-likeness (QED) is 0.920. The molecule has 2 aromatic carbocycles. The molecule has 0 heterocycles. The number of amides is 1. The van der Waals surface area contributed by atoms with Crippen molar-refractivity contribution in [1.29, 1.82) is 0 Å². The van der Waals surface area contributed by atoms with Gasteiger partial charge in [0.2, 0.25) is 0 Å². The van der Waals surface area contributed by atoms with Crippen molar-refractivity contribution in [2.45, 2.75) is 12.8 Å². The van der Waals surface area contributed by atoms with Crippen molar-refractivity contribution >= 4 is 6.09 Å². The van der Waals surface area contributed by atoms with Crippen LogP contribution in [-0.4, -0.2) is 12.7 Å². The van der Waals surface area contributed by atoms with Crippen LogP contribution in [0.25, 0.3) is 11.1 Å². The second kappa shape index (κ2) is 5.83. The van der Waals surface area contributed by atoms with Crippen LogP contribution in [0.4, 0.5) is 4.79 Å². The van der Waals surface area contributed by atoms with Crippen LogP contribution in [-0.2, 0) is 4.74 Å². The number of rotatable bonds is 3. The largest absolute Gasteiger partial charge is 0.448 e. The maximum absolute atomic E-state index is 11.6. The molecule has 0 saturated heterocycles. The molecule has 3 heteroatoms. The number of alkyl carbamates (subject to hydrolysis) is 1. The van der Waals surface area contributed by atoms with Crippen molar-refractivity contribution in [2.24, 2.45) is 0 Å². The van der Waals surface area contributed by atoms with Crippen LogP contribution in [0.15, 0.2) is 60.8 Å². The first kappa shape index (κ1) is 13.4. The molecule has 0 aliphatic heterocycles. The summed E-state index contributed by atoms with van der Waals surface area (Å²) in [5.41, 5.74) is 4.90. The zero-order chi connectivity index (χ0) is 14.7. The van der Waals surface area contributed by atoms with Crippen LogP contribution in [0.2, 0.25) is 0 Å². The molecule has 0 saturated carbocycles. The lowest BCUT2D eigenvalue weighted by atomic mass is 9.98. The first-order chi connectivity index (χ1) is 10.3. The second-order valence-electron chi connectivity index (χ2n) is 4.97. The van der Waals surface area contributed by atoms with Crippen molar-refractivity contribution < 1.29 is 9.53 Å². The van der Waals surface area contributed by atoms with Gasteiger partial charge in [-0.1, -0.05) is 54.6 Å². The summed E-state index contributed by atoms with van der Waals surface area (Å²) in [5.74, 6) is 0.105. The monoisotopic (exact) mass is 279 g/mol. The minimum atomic E-state index is -0.421. The Kier molecular flexibility index (Phi) is 3.73. The number of benzene rings is 2. The molecule has 0 radical (unpaired) electrons. The third-order valence-electron chi connectivity index (χ3n) is 3.71. The van der Waals surface area contributed by atoms with Gasteiger partial charge in [0.05, 0.1) is 0 Å². The SMILES string of the molecule is C/C=C/NC(=O)OCC1c2ccccc2-c2ccccc21. The topological polar surface area (TPSA) is 38.3 Å². The van der Waals surface area contributed by atoms with E-state index in [0.717, 1.165) is 0 Å². The highest BCUT2D eigenvalue weighted by Gasteiger charge is 2.28. The number of hydrogen-bond donors (Lipinski definition) is 1. The second-order valence-corrected chi connectivity index (χ2v) is 4.97. The molecule has 21 heavy (non-hydrogen) atoms. The summed E-state index contributed by atoms with van der Waals surface area (Å²) in [6.07, 6.45) is 2.90. The maximum Gasteiger partial charge on any atom is 0.411 e. The third-order valence-corrected chi connectivity index (χ3v) is 3.71. The summed E-state index contributed by atoms with van der Waals surface area (Å²) in [7, 11) is 0. The van der Waals surface area contributed by atoms with Gasteiger partial charge in [-0.25, -0.2) is 4.79 Å². The average molecular weight is 279 g/mol. The molecule has 3 nitrogen and oxygen atoms in total. The third kappa shape index (κ3) is 2.55. The van der Waals surface area contributed by atoms with E-state index in [4.69, 9.17) is 4.74 Å². The van der Waals surface area contributed by atoms with Crippen molar-refractivity contribution in [1.82, 2.24) is 5.32 Å². The summed E-state index contributed by atoms with van der Waals surface area (Å²) >= 11 is 0. The summed E-state index contributed by atoms with van der Waals surface area (Å²) < 4.78 is 5.34. The Labute approximate surface area is 124 Å². The van der Waals surface area contributed by atoms with E-state index < -0.39 is 6.09 Å². The van der Waals surface area contributed by atoms with Gasteiger partial charge in [0, 0.05) is 12.1 Å². The molecule has 0 unspecified atom stereocenters. The first-order valence-corrected chi connectivity index (χ1v) is 7.04. The van der Waals surface area contributed by atoms with E-state index in [0.29, 0.717) is 6.61 Å². The standard InChI is InChI=1S/C18H17NO2/c1-2-11-19-18(20)21-12-17-15-9-5-3-7-13(15)14-8-4-6-10-16(14)17/h2-11,17H,12H2,1H3,(H,19,20)/b11-2+. The Morgan fingerprint density at radius 3 is 2.24 bits per heavy atom. The van der Waals surface area contributed by atoms with Crippen molar-refractivity contribution in [3.05, 3.63) is 71.9 Å². The van der Waals surface area contributed by atoms with Gasteiger partial charge in [0.25, 0.3) is 0 Å². The molecule has 0 spiro atoms. The van der Waals surface area contributed by atoms with Crippen molar-refractivity contribution in [3.8, 4) is 11.1 Å². The molecule has 0 atom stereocenters. The lowest BCUT2D eigenvalue weighted by Crippen LogP contribution is -2.21. The van der Waals surface area contributed by atoms with E-state index in [2.05, 4.69) is 29.6 Å². The molecule has 1 N–H and O–H groups in total. The molecule has 3 rings (SSSR count). The van der Waals surface area contributed by atoms with Crippen LogP contribution < -0.4 is 5.32 Å². The number of fused-ring (bicyclic) bond motifs is 3. The van der Waals surface area contributed by atoms with E-state index >= 15 is 0 Å². The molecule has 106 valence electrons. The molecule has 1 aliphatic carbocycles. The van der Waals surface area contributed by atoms with Gasteiger partial charge in [-0.05, 0) is 29.2 Å². The van der Waals surface area contributed by atoms with Gasteiger partial charge in [0.1, 0.15) is 6.61 Å².